The highest BCUT2D eigenvalue weighted by Gasteiger charge is 2.11. The number of rotatable bonds is 7. The van der Waals surface area contributed by atoms with E-state index < -0.39 is 0 Å². The van der Waals surface area contributed by atoms with Gasteiger partial charge >= 0.3 is 0 Å². The average Bonchev–Trinajstić information content (AvgIpc) is 2.52. The lowest BCUT2D eigenvalue weighted by Gasteiger charge is -2.11. The van der Waals surface area contributed by atoms with Crippen molar-refractivity contribution in [1.29, 1.82) is 0 Å². The van der Waals surface area contributed by atoms with Crippen molar-refractivity contribution in [1.82, 2.24) is 9.97 Å². The molecule has 1 aromatic heterocycles. The lowest BCUT2D eigenvalue weighted by atomic mass is 10.1. The molecule has 2 rings (SSSR count). The van der Waals surface area contributed by atoms with Crippen LogP contribution in [-0.4, -0.2) is 21.4 Å². The van der Waals surface area contributed by atoms with Crippen LogP contribution < -0.4 is 5.32 Å². The van der Waals surface area contributed by atoms with Gasteiger partial charge in [0.25, 0.3) is 5.69 Å². The molecule has 0 saturated heterocycles. The van der Waals surface area contributed by atoms with Gasteiger partial charge in [-0.15, -0.1) is 11.8 Å². The molecule has 0 bridgehead atoms. The predicted octanol–water partition coefficient (Wildman–Crippen LogP) is 3.50. The molecule has 0 atom stereocenters. The summed E-state index contributed by atoms with van der Waals surface area (Å²) in [6.07, 6.45) is 4.17. The Hall–Kier alpha value is -2.15. The molecule has 1 N–H and O–H groups in total. The summed E-state index contributed by atoms with van der Waals surface area (Å²) in [6, 6.07) is 6.73. The molecule has 110 valence electrons. The summed E-state index contributed by atoms with van der Waals surface area (Å²) in [7, 11) is 0. The van der Waals surface area contributed by atoms with Crippen LogP contribution in [-0.2, 0) is 5.75 Å². The first-order chi connectivity index (χ1) is 10.2. The van der Waals surface area contributed by atoms with Crippen molar-refractivity contribution in [3.63, 3.8) is 0 Å². The van der Waals surface area contributed by atoms with Gasteiger partial charge in [0, 0.05) is 36.3 Å². The highest BCUT2D eigenvalue weighted by Crippen LogP contribution is 2.28. The van der Waals surface area contributed by atoms with Gasteiger partial charge in [0.2, 0.25) is 0 Å². The van der Waals surface area contributed by atoms with Gasteiger partial charge in [-0.25, -0.2) is 9.97 Å². The number of aromatic nitrogens is 2. The molecule has 0 spiro atoms. The van der Waals surface area contributed by atoms with E-state index in [9.17, 15) is 10.1 Å². The zero-order chi connectivity index (χ0) is 15.1. The summed E-state index contributed by atoms with van der Waals surface area (Å²) < 4.78 is 0. The number of hydrogen-bond donors (Lipinski definition) is 1. The number of nitro benzene ring substituents is 1. The van der Waals surface area contributed by atoms with E-state index in [0.717, 1.165) is 29.2 Å². The van der Waals surface area contributed by atoms with Crippen molar-refractivity contribution in [2.75, 3.05) is 11.9 Å². The Kier molecular flexibility index (Phi) is 5.51. The number of thioether (sulfide) groups is 1. The fourth-order valence-electron chi connectivity index (χ4n) is 1.76. The number of hydrogen-bond acceptors (Lipinski definition) is 6. The van der Waals surface area contributed by atoms with E-state index in [0.29, 0.717) is 5.75 Å². The molecular weight excluding hydrogens is 288 g/mol. The predicted molar refractivity (Wildman–Crippen MR) is 83.5 cm³/mol. The molecule has 0 saturated carbocycles. The van der Waals surface area contributed by atoms with Crippen molar-refractivity contribution in [3.05, 3.63) is 52.5 Å². The van der Waals surface area contributed by atoms with Gasteiger partial charge in [0.1, 0.15) is 6.33 Å². The number of nitrogens with zero attached hydrogens (tertiary/aromatic N) is 3. The van der Waals surface area contributed by atoms with Gasteiger partial charge in [-0.05, 0) is 24.1 Å². The maximum Gasteiger partial charge on any atom is 0.269 e. The van der Waals surface area contributed by atoms with Gasteiger partial charge in [-0.3, -0.25) is 10.1 Å². The van der Waals surface area contributed by atoms with Gasteiger partial charge in [0.15, 0.2) is 0 Å². The number of nitro groups is 1. The third kappa shape index (κ3) is 4.42. The third-order valence-electron chi connectivity index (χ3n) is 2.80. The van der Waals surface area contributed by atoms with Gasteiger partial charge in [-0.2, -0.15) is 0 Å². The molecule has 0 radical (unpaired) electrons. The van der Waals surface area contributed by atoms with Crippen LogP contribution >= 0.6 is 11.8 Å². The summed E-state index contributed by atoms with van der Waals surface area (Å²) in [5, 5.41) is 15.1. The summed E-state index contributed by atoms with van der Waals surface area (Å²) in [4.78, 5) is 18.5. The second-order valence-corrected chi connectivity index (χ2v) is 5.36. The fourth-order valence-corrected chi connectivity index (χ4v) is 2.58. The van der Waals surface area contributed by atoms with E-state index in [2.05, 4.69) is 22.2 Å². The summed E-state index contributed by atoms with van der Waals surface area (Å²) in [5.41, 5.74) is 1.95. The van der Waals surface area contributed by atoms with Crippen LogP contribution in [0.2, 0.25) is 0 Å². The summed E-state index contributed by atoms with van der Waals surface area (Å²) in [5.74, 6) is 0.616. The maximum absolute atomic E-state index is 10.9. The molecular formula is C14H16N4O2S. The summed E-state index contributed by atoms with van der Waals surface area (Å²) >= 11 is 1.53. The summed E-state index contributed by atoms with van der Waals surface area (Å²) in [6.45, 7) is 2.91. The zero-order valence-electron chi connectivity index (χ0n) is 11.7. The molecule has 21 heavy (non-hydrogen) atoms. The van der Waals surface area contributed by atoms with Crippen molar-refractivity contribution in [3.8, 4) is 0 Å². The first-order valence-corrected chi connectivity index (χ1v) is 7.59. The normalized spacial score (nSPS) is 10.3. The molecule has 0 aliphatic carbocycles. The van der Waals surface area contributed by atoms with Crippen molar-refractivity contribution in [2.24, 2.45) is 0 Å². The quantitative estimate of drug-likeness (QED) is 0.365. The number of anilines is 1. The van der Waals surface area contributed by atoms with Crippen molar-refractivity contribution in [2.45, 2.75) is 24.1 Å². The van der Waals surface area contributed by atoms with Gasteiger partial charge in [-0.1, -0.05) is 6.92 Å². The lowest BCUT2D eigenvalue weighted by Crippen LogP contribution is -2.03. The topological polar surface area (TPSA) is 81.0 Å². The second kappa shape index (κ2) is 7.58. The molecule has 7 heteroatoms. The van der Waals surface area contributed by atoms with Crippen LogP contribution in [0.3, 0.4) is 0 Å². The SMILES string of the molecule is CCCNc1ccc([N+](=O)[O-])cc1CSc1ccncn1. The molecule has 1 heterocycles. The molecule has 0 aliphatic rings. The van der Waals surface area contributed by atoms with Gasteiger partial charge in [0.05, 0.1) is 9.95 Å². The number of non-ortho nitro benzene ring substituents is 1. The largest absolute Gasteiger partial charge is 0.385 e. The van der Waals surface area contributed by atoms with E-state index in [-0.39, 0.29) is 10.6 Å². The fraction of sp³-hybridized carbons (Fsp3) is 0.286. The third-order valence-corrected chi connectivity index (χ3v) is 3.79. The molecule has 6 nitrogen and oxygen atoms in total. The zero-order valence-corrected chi connectivity index (χ0v) is 12.5. The lowest BCUT2D eigenvalue weighted by molar-refractivity contribution is -0.384. The Morgan fingerprint density at radius 2 is 2.24 bits per heavy atom. The minimum atomic E-state index is -0.373. The van der Waals surface area contributed by atoms with E-state index >= 15 is 0 Å². The highest BCUT2D eigenvalue weighted by molar-refractivity contribution is 7.98. The Morgan fingerprint density at radius 1 is 1.38 bits per heavy atom. The van der Waals surface area contributed by atoms with E-state index in [1.165, 1.54) is 24.2 Å². The molecule has 0 unspecified atom stereocenters. The Labute approximate surface area is 127 Å². The minimum Gasteiger partial charge on any atom is -0.385 e. The van der Waals surface area contributed by atoms with E-state index in [1.807, 2.05) is 6.07 Å². The van der Waals surface area contributed by atoms with Crippen molar-refractivity contribution >= 4 is 23.1 Å². The molecule has 0 amide bonds. The number of nitrogens with one attached hydrogen (secondary N) is 1. The Bertz CT molecular complexity index is 607. The monoisotopic (exact) mass is 304 g/mol. The first-order valence-electron chi connectivity index (χ1n) is 6.60. The van der Waals surface area contributed by atoms with Crippen LogP contribution in [0, 0.1) is 10.1 Å². The van der Waals surface area contributed by atoms with Crippen LogP contribution in [0.4, 0.5) is 11.4 Å². The Balaban J connectivity index is 2.17. The second-order valence-electron chi connectivity index (χ2n) is 4.36. The van der Waals surface area contributed by atoms with Crippen LogP contribution in [0.5, 0.6) is 0 Å². The Morgan fingerprint density at radius 3 is 2.90 bits per heavy atom. The molecule has 0 fully saturated rings. The van der Waals surface area contributed by atoms with Crippen LogP contribution in [0.25, 0.3) is 0 Å². The molecule has 0 aliphatic heterocycles. The van der Waals surface area contributed by atoms with Gasteiger partial charge < -0.3 is 5.32 Å². The maximum atomic E-state index is 10.9. The average molecular weight is 304 g/mol. The van der Waals surface area contributed by atoms with Crippen molar-refractivity contribution < 1.29 is 4.92 Å². The van der Waals surface area contributed by atoms with Crippen LogP contribution in [0.1, 0.15) is 18.9 Å². The van der Waals surface area contributed by atoms with E-state index in [1.54, 1.807) is 18.3 Å². The molecule has 2 aromatic rings. The molecule has 1 aromatic carbocycles. The number of benzene rings is 1. The van der Waals surface area contributed by atoms with E-state index in [4.69, 9.17) is 0 Å². The standard InChI is InChI=1S/C14H16N4O2S/c1-2-6-16-13-4-3-12(18(19)20)8-11(13)9-21-14-5-7-15-10-17-14/h3-5,7-8,10,16H,2,6,9H2,1H3. The highest BCUT2D eigenvalue weighted by atomic mass is 32.2. The smallest absolute Gasteiger partial charge is 0.269 e. The first kappa shape index (κ1) is 15.2. The van der Waals surface area contributed by atoms with Crippen LogP contribution in [0.15, 0.2) is 41.8 Å². The minimum absolute atomic E-state index is 0.107.